The van der Waals surface area contributed by atoms with Crippen LogP contribution < -0.4 is 5.73 Å². The Labute approximate surface area is 86.8 Å². The molecule has 0 aromatic heterocycles. The van der Waals surface area contributed by atoms with Crippen LogP contribution in [0, 0.1) is 5.92 Å². The highest BCUT2D eigenvalue weighted by atomic mass is 32.2. The summed E-state index contributed by atoms with van der Waals surface area (Å²) in [6.45, 7) is 0.865. The van der Waals surface area contributed by atoms with Crippen molar-refractivity contribution in [2.24, 2.45) is 11.7 Å². The van der Waals surface area contributed by atoms with Crippen LogP contribution in [0.2, 0.25) is 0 Å². The summed E-state index contributed by atoms with van der Waals surface area (Å²) >= 11 is 2.14. The Hall–Kier alpha value is 0.310. The maximum Gasteiger partial charge on any atom is -0.00391 e. The molecule has 78 valence electrons. The van der Waals surface area contributed by atoms with Crippen molar-refractivity contribution in [2.45, 2.75) is 44.9 Å². The van der Waals surface area contributed by atoms with Crippen molar-refractivity contribution in [1.29, 1.82) is 0 Å². The summed E-state index contributed by atoms with van der Waals surface area (Å²) in [6, 6.07) is 0. The van der Waals surface area contributed by atoms with Crippen LogP contribution in [-0.2, 0) is 0 Å². The van der Waals surface area contributed by atoms with Gasteiger partial charge in [-0.25, -0.2) is 0 Å². The molecule has 0 atom stereocenters. The first kappa shape index (κ1) is 11.4. The normalized spacial score (nSPS) is 19.2. The first-order chi connectivity index (χ1) is 6.43. The topological polar surface area (TPSA) is 26.0 Å². The van der Waals surface area contributed by atoms with Crippen LogP contribution in [0.4, 0.5) is 0 Å². The Bertz CT molecular complexity index is 111. The van der Waals surface area contributed by atoms with Crippen molar-refractivity contribution < 1.29 is 0 Å². The van der Waals surface area contributed by atoms with E-state index >= 15 is 0 Å². The second-order valence-corrected chi connectivity index (χ2v) is 5.22. The number of unbranched alkanes of at least 4 members (excludes halogenated alkanes) is 1. The molecule has 2 heteroatoms. The number of rotatable bonds is 6. The van der Waals surface area contributed by atoms with Crippen molar-refractivity contribution in [3.05, 3.63) is 0 Å². The van der Waals surface area contributed by atoms with Gasteiger partial charge in [-0.15, -0.1) is 0 Å². The minimum Gasteiger partial charge on any atom is -0.330 e. The third-order valence-corrected chi connectivity index (χ3v) is 4.11. The van der Waals surface area contributed by atoms with Gasteiger partial charge in [0.2, 0.25) is 0 Å². The third-order valence-electron chi connectivity index (χ3n) is 2.82. The van der Waals surface area contributed by atoms with E-state index in [2.05, 4.69) is 11.8 Å². The molecule has 13 heavy (non-hydrogen) atoms. The molecule has 1 rings (SSSR count). The lowest BCUT2D eigenvalue weighted by Gasteiger charge is -2.20. The summed E-state index contributed by atoms with van der Waals surface area (Å²) in [5, 5.41) is 0. The van der Waals surface area contributed by atoms with E-state index < -0.39 is 0 Å². The number of nitrogens with two attached hydrogens (primary N) is 1. The van der Waals surface area contributed by atoms with Gasteiger partial charge in [-0.1, -0.05) is 19.3 Å². The molecule has 0 spiro atoms. The highest BCUT2D eigenvalue weighted by molar-refractivity contribution is 7.99. The molecule has 1 aliphatic rings. The van der Waals surface area contributed by atoms with Crippen LogP contribution >= 0.6 is 11.8 Å². The third kappa shape index (κ3) is 5.58. The van der Waals surface area contributed by atoms with Gasteiger partial charge in [0, 0.05) is 0 Å². The van der Waals surface area contributed by atoms with E-state index in [1.165, 1.54) is 56.5 Å². The summed E-state index contributed by atoms with van der Waals surface area (Å²) < 4.78 is 0. The van der Waals surface area contributed by atoms with Crippen LogP contribution in [0.3, 0.4) is 0 Å². The molecular formula is C11H23NS. The van der Waals surface area contributed by atoms with Crippen LogP contribution in [0.15, 0.2) is 0 Å². The van der Waals surface area contributed by atoms with Gasteiger partial charge in [-0.05, 0) is 49.7 Å². The minimum absolute atomic E-state index is 0.865. The van der Waals surface area contributed by atoms with E-state index in [1.807, 2.05) is 0 Å². The molecule has 1 saturated carbocycles. The molecule has 1 nitrogen and oxygen atoms in total. The van der Waals surface area contributed by atoms with E-state index in [-0.39, 0.29) is 0 Å². The molecule has 0 unspecified atom stereocenters. The lowest BCUT2D eigenvalue weighted by molar-refractivity contribution is 0.391. The summed E-state index contributed by atoms with van der Waals surface area (Å²) in [5.41, 5.74) is 5.44. The van der Waals surface area contributed by atoms with Crippen LogP contribution in [0.25, 0.3) is 0 Å². The summed E-state index contributed by atoms with van der Waals surface area (Å²) in [4.78, 5) is 0. The highest BCUT2D eigenvalue weighted by Gasteiger charge is 2.12. The average Bonchev–Trinajstić information content (AvgIpc) is 2.19. The van der Waals surface area contributed by atoms with E-state index in [4.69, 9.17) is 5.73 Å². The molecule has 0 aromatic carbocycles. The smallest absolute Gasteiger partial charge is 0.00391 e. The van der Waals surface area contributed by atoms with Crippen LogP contribution in [-0.4, -0.2) is 18.1 Å². The van der Waals surface area contributed by atoms with E-state index in [0.717, 1.165) is 12.5 Å². The predicted octanol–water partition coefficient (Wildman–Crippen LogP) is 3.04. The molecule has 0 saturated heterocycles. The Morgan fingerprint density at radius 1 is 1.08 bits per heavy atom. The standard InChI is InChI=1S/C11H23NS/c12-8-4-5-9-13-10-11-6-2-1-3-7-11/h11H,1-10,12H2. The SMILES string of the molecule is NCCCCSCC1CCCCC1. The molecule has 0 amide bonds. The zero-order valence-electron chi connectivity index (χ0n) is 8.63. The van der Waals surface area contributed by atoms with Gasteiger partial charge in [0.05, 0.1) is 0 Å². The van der Waals surface area contributed by atoms with Crippen molar-refractivity contribution in [2.75, 3.05) is 18.1 Å². The fraction of sp³-hybridized carbons (Fsp3) is 1.00. The predicted molar refractivity (Wildman–Crippen MR) is 62.2 cm³/mol. The Kier molecular flexibility index (Phi) is 6.73. The summed E-state index contributed by atoms with van der Waals surface area (Å²) in [5.74, 6) is 3.77. The van der Waals surface area contributed by atoms with E-state index in [1.54, 1.807) is 0 Å². The van der Waals surface area contributed by atoms with Gasteiger partial charge >= 0.3 is 0 Å². The molecule has 0 bridgehead atoms. The summed E-state index contributed by atoms with van der Waals surface area (Å²) in [7, 11) is 0. The molecule has 0 radical (unpaired) electrons. The first-order valence-corrected chi connectivity index (χ1v) is 6.87. The second kappa shape index (κ2) is 7.69. The number of thioether (sulfide) groups is 1. The van der Waals surface area contributed by atoms with Crippen molar-refractivity contribution >= 4 is 11.8 Å². The van der Waals surface area contributed by atoms with Crippen LogP contribution in [0.1, 0.15) is 44.9 Å². The van der Waals surface area contributed by atoms with Crippen molar-refractivity contribution in [3.8, 4) is 0 Å². The molecule has 1 aliphatic carbocycles. The van der Waals surface area contributed by atoms with E-state index in [9.17, 15) is 0 Å². The van der Waals surface area contributed by atoms with E-state index in [0.29, 0.717) is 0 Å². The highest BCUT2D eigenvalue weighted by Crippen LogP contribution is 2.26. The number of hydrogen-bond acceptors (Lipinski definition) is 2. The maximum absolute atomic E-state index is 5.44. The van der Waals surface area contributed by atoms with Gasteiger partial charge in [0.1, 0.15) is 0 Å². The second-order valence-electron chi connectivity index (χ2n) is 4.07. The van der Waals surface area contributed by atoms with Gasteiger partial charge < -0.3 is 5.73 Å². The molecule has 2 N–H and O–H groups in total. The van der Waals surface area contributed by atoms with Gasteiger partial charge in [0.15, 0.2) is 0 Å². The van der Waals surface area contributed by atoms with Gasteiger partial charge in [-0.2, -0.15) is 11.8 Å². The molecule has 0 aliphatic heterocycles. The fourth-order valence-electron chi connectivity index (χ4n) is 1.95. The van der Waals surface area contributed by atoms with Gasteiger partial charge in [-0.3, -0.25) is 0 Å². The molecule has 0 aromatic rings. The minimum atomic E-state index is 0.865. The summed E-state index contributed by atoms with van der Waals surface area (Å²) in [6.07, 6.45) is 9.94. The van der Waals surface area contributed by atoms with Crippen molar-refractivity contribution in [1.82, 2.24) is 0 Å². The van der Waals surface area contributed by atoms with Gasteiger partial charge in [0.25, 0.3) is 0 Å². The Morgan fingerprint density at radius 2 is 1.85 bits per heavy atom. The quantitative estimate of drug-likeness (QED) is 0.668. The zero-order valence-corrected chi connectivity index (χ0v) is 9.45. The number of hydrogen-bond donors (Lipinski definition) is 1. The molecular weight excluding hydrogens is 178 g/mol. The van der Waals surface area contributed by atoms with Crippen LogP contribution in [0.5, 0.6) is 0 Å². The average molecular weight is 201 g/mol. The Morgan fingerprint density at radius 3 is 2.54 bits per heavy atom. The lowest BCUT2D eigenvalue weighted by atomic mass is 9.91. The monoisotopic (exact) mass is 201 g/mol. The zero-order chi connectivity index (χ0) is 9.36. The molecule has 1 fully saturated rings. The maximum atomic E-state index is 5.44. The fourth-order valence-corrected chi connectivity index (χ4v) is 3.19. The first-order valence-electron chi connectivity index (χ1n) is 5.71. The lowest BCUT2D eigenvalue weighted by Crippen LogP contribution is -2.09. The largest absolute Gasteiger partial charge is 0.330 e. The Balaban J connectivity index is 1.86. The van der Waals surface area contributed by atoms with Crippen molar-refractivity contribution in [3.63, 3.8) is 0 Å². The molecule has 0 heterocycles.